The van der Waals surface area contributed by atoms with Gasteiger partial charge in [0.15, 0.2) is 17.5 Å². The molecule has 0 radical (unpaired) electrons. The first kappa shape index (κ1) is 27.7. The number of rotatable bonds is 9. The van der Waals surface area contributed by atoms with Crippen molar-refractivity contribution in [2.45, 2.75) is 32.9 Å². The summed E-state index contributed by atoms with van der Waals surface area (Å²) in [6.45, 7) is 5.59. The van der Waals surface area contributed by atoms with Crippen LogP contribution in [0.1, 0.15) is 26.8 Å². The van der Waals surface area contributed by atoms with Crippen molar-refractivity contribution < 1.29 is 31.1 Å². The fourth-order valence-corrected chi connectivity index (χ4v) is 3.79. The Morgan fingerprint density at radius 2 is 1.86 bits per heavy atom. The number of methoxy groups -OCH3 is 1. The van der Waals surface area contributed by atoms with Crippen LogP contribution >= 0.6 is 0 Å². The van der Waals surface area contributed by atoms with E-state index < -0.39 is 44.8 Å². The number of benzene rings is 1. The fourth-order valence-electron chi connectivity index (χ4n) is 3.24. The lowest BCUT2D eigenvalue weighted by atomic mass is 10.0. The highest BCUT2D eigenvalue weighted by Crippen LogP contribution is 2.37. The molecule has 0 aliphatic heterocycles. The molecule has 1 amide bonds. The Bertz CT molecular complexity index is 1410. The average molecular weight is 542 g/mol. The van der Waals surface area contributed by atoms with Gasteiger partial charge in [0.25, 0.3) is 0 Å². The number of amides is 1. The highest BCUT2D eigenvalue weighted by atomic mass is 32.2. The molecule has 0 spiro atoms. The van der Waals surface area contributed by atoms with Crippen LogP contribution in [0, 0.1) is 17.5 Å². The summed E-state index contributed by atoms with van der Waals surface area (Å²) in [4.78, 5) is 19.9. The molecule has 0 saturated heterocycles. The van der Waals surface area contributed by atoms with E-state index >= 15 is 4.39 Å². The van der Waals surface area contributed by atoms with Gasteiger partial charge in [0.2, 0.25) is 16.0 Å². The molecule has 0 bridgehead atoms. The largest absolute Gasteiger partial charge is 0.453 e. The van der Waals surface area contributed by atoms with Gasteiger partial charge in [0.05, 0.1) is 19.1 Å². The molecule has 3 N–H and O–H groups in total. The predicted molar refractivity (Wildman–Crippen MR) is 131 cm³/mol. The Hall–Kier alpha value is -3.88. The van der Waals surface area contributed by atoms with Gasteiger partial charge in [-0.05, 0) is 32.9 Å². The van der Waals surface area contributed by atoms with Gasteiger partial charge in [-0.25, -0.2) is 36.4 Å². The number of sulfonamides is 1. The molecule has 3 rings (SSSR count). The van der Waals surface area contributed by atoms with E-state index in [4.69, 9.17) is 0 Å². The molecule has 200 valence electrons. The quantitative estimate of drug-likeness (QED) is 0.350. The minimum Gasteiger partial charge on any atom is -0.453 e. The molecule has 0 saturated carbocycles. The molecule has 15 heteroatoms. The molecule has 2 heterocycles. The highest BCUT2D eigenvalue weighted by molar-refractivity contribution is 7.92. The van der Waals surface area contributed by atoms with Crippen LogP contribution in [0.2, 0.25) is 0 Å². The summed E-state index contributed by atoms with van der Waals surface area (Å²) in [7, 11) is -2.88. The molecule has 37 heavy (non-hydrogen) atoms. The zero-order chi connectivity index (χ0) is 27.5. The van der Waals surface area contributed by atoms with Gasteiger partial charge in [-0.2, -0.15) is 5.10 Å². The first-order chi connectivity index (χ1) is 17.3. The van der Waals surface area contributed by atoms with E-state index in [0.717, 1.165) is 0 Å². The molecule has 2 aromatic heterocycles. The molecule has 11 nitrogen and oxygen atoms in total. The number of nitrogens with one attached hydrogen (secondary N) is 3. The third kappa shape index (κ3) is 6.67. The average Bonchev–Trinajstić information content (AvgIpc) is 3.28. The molecule has 0 unspecified atom stereocenters. The summed E-state index contributed by atoms with van der Waals surface area (Å²) in [5.74, 6) is -4.32. The number of aromatic nitrogens is 4. The van der Waals surface area contributed by atoms with Crippen LogP contribution in [0.5, 0.6) is 0 Å². The number of halogens is 3. The monoisotopic (exact) mass is 541 g/mol. The van der Waals surface area contributed by atoms with Crippen molar-refractivity contribution in [1.29, 1.82) is 0 Å². The van der Waals surface area contributed by atoms with Crippen LogP contribution < -0.4 is 15.4 Å². The van der Waals surface area contributed by atoms with E-state index in [2.05, 4.69) is 30.4 Å². The van der Waals surface area contributed by atoms with E-state index in [1.807, 2.05) is 13.8 Å². The lowest BCUT2D eigenvalue weighted by molar-refractivity contribution is 0.168. The number of alkyl carbamates (subject to hydrolysis) is 1. The maximum absolute atomic E-state index is 15.4. The third-order valence-corrected chi connectivity index (χ3v) is 5.58. The second-order valence-corrected chi connectivity index (χ2v) is 10.2. The van der Waals surface area contributed by atoms with Crippen LogP contribution in [0.15, 0.2) is 24.5 Å². The van der Waals surface area contributed by atoms with E-state index in [1.54, 1.807) is 17.8 Å². The van der Waals surface area contributed by atoms with Gasteiger partial charge in [-0.3, -0.25) is 9.40 Å². The molecule has 0 aliphatic carbocycles. The number of ether oxygens (including phenoxy) is 1. The summed E-state index contributed by atoms with van der Waals surface area (Å²) in [5.41, 5.74) is -1.18. The maximum atomic E-state index is 15.4. The van der Waals surface area contributed by atoms with Gasteiger partial charge in [-0.1, -0.05) is 0 Å². The van der Waals surface area contributed by atoms with Gasteiger partial charge >= 0.3 is 6.09 Å². The van der Waals surface area contributed by atoms with Crippen molar-refractivity contribution >= 4 is 27.8 Å². The summed E-state index contributed by atoms with van der Waals surface area (Å²) in [6.07, 6.45) is 3.07. The molecular weight excluding hydrogens is 515 g/mol. The summed E-state index contributed by atoms with van der Waals surface area (Å²) in [6, 6.07) is 1.59. The Morgan fingerprint density at radius 1 is 1.16 bits per heavy atom. The Balaban J connectivity index is 2.07. The number of nitrogens with zero attached hydrogens (tertiary/aromatic N) is 4. The van der Waals surface area contributed by atoms with Crippen molar-refractivity contribution in [3.63, 3.8) is 0 Å². The molecule has 3 aromatic rings. The van der Waals surface area contributed by atoms with Crippen LogP contribution in [0.4, 0.5) is 29.6 Å². The van der Waals surface area contributed by atoms with Crippen LogP contribution in [-0.2, 0) is 14.8 Å². The zero-order valence-corrected chi connectivity index (χ0v) is 21.5. The minimum atomic E-state index is -4.12. The number of carbonyl (C=O) groups excluding carboxylic acids is 1. The van der Waals surface area contributed by atoms with E-state index in [-0.39, 0.29) is 41.5 Å². The highest BCUT2D eigenvalue weighted by Gasteiger charge is 2.26. The van der Waals surface area contributed by atoms with Crippen molar-refractivity contribution in [3.05, 3.63) is 42.0 Å². The molecular formula is C22H26F3N7O4S. The molecule has 0 fully saturated rings. The van der Waals surface area contributed by atoms with E-state index in [0.29, 0.717) is 12.3 Å². The van der Waals surface area contributed by atoms with Crippen molar-refractivity contribution in [2.24, 2.45) is 0 Å². The van der Waals surface area contributed by atoms with E-state index in [1.165, 1.54) is 24.1 Å². The van der Waals surface area contributed by atoms with Crippen LogP contribution in [-0.4, -0.2) is 60.2 Å². The topological polar surface area (TPSA) is 140 Å². The molecule has 0 aliphatic rings. The number of hydrogen-bond acceptors (Lipinski definition) is 8. The summed E-state index contributed by atoms with van der Waals surface area (Å²) in [5, 5.41) is 9.88. The van der Waals surface area contributed by atoms with Crippen molar-refractivity contribution in [1.82, 2.24) is 25.1 Å². The lowest BCUT2D eigenvalue weighted by Crippen LogP contribution is -2.37. The SMILES string of the molecule is COC(=O)N[C@@H](C)CNc1nccc(-c2cn(C(C)C)nc2-c2cc(F)c(F)c(NS(C)(=O)=O)c2F)n1. The fraction of sp³-hybridized carbons (Fsp3) is 0.364. The first-order valence-electron chi connectivity index (χ1n) is 11.0. The number of carbonyl (C=O) groups is 1. The third-order valence-electron chi connectivity index (χ3n) is 5.01. The first-order valence-corrected chi connectivity index (χ1v) is 12.9. The van der Waals surface area contributed by atoms with Gasteiger partial charge in [0.1, 0.15) is 11.4 Å². The van der Waals surface area contributed by atoms with E-state index in [9.17, 15) is 22.0 Å². The smallest absolute Gasteiger partial charge is 0.407 e. The summed E-state index contributed by atoms with van der Waals surface area (Å²) < 4.78 is 75.1. The van der Waals surface area contributed by atoms with Gasteiger partial charge in [0, 0.05) is 42.1 Å². The minimum absolute atomic E-state index is 0.0907. The van der Waals surface area contributed by atoms with Gasteiger partial charge in [-0.15, -0.1) is 0 Å². The predicted octanol–water partition coefficient (Wildman–Crippen LogP) is 3.53. The number of anilines is 2. The summed E-state index contributed by atoms with van der Waals surface area (Å²) >= 11 is 0. The zero-order valence-electron chi connectivity index (χ0n) is 20.6. The molecule has 1 atom stereocenters. The second-order valence-electron chi connectivity index (χ2n) is 8.43. The van der Waals surface area contributed by atoms with Crippen LogP contribution in [0.3, 0.4) is 0 Å². The van der Waals surface area contributed by atoms with Crippen molar-refractivity contribution in [2.75, 3.05) is 29.9 Å². The molecule has 1 aromatic carbocycles. The Morgan fingerprint density at radius 3 is 2.49 bits per heavy atom. The normalized spacial score (nSPS) is 12.4. The standard InChI is InChI=1S/C22H26F3N7O4S/c1-11(2)32-10-14(16-6-7-26-21(29-16)27-9-12(3)28-22(33)36-4)19(30-32)13-8-15(23)18(25)20(17(13)24)31-37(5,34)35/h6-8,10-12,31H,9H2,1-5H3,(H,28,33)(H,26,27,29)/t12-/m0/s1. The van der Waals surface area contributed by atoms with Crippen molar-refractivity contribution in [3.8, 4) is 22.5 Å². The van der Waals surface area contributed by atoms with Gasteiger partial charge < -0.3 is 15.4 Å². The Labute approximate surface area is 211 Å². The van der Waals surface area contributed by atoms with Crippen LogP contribution in [0.25, 0.3) is 22.5 Å². The Kier molecular flexibility index (Phi) is 8.25. The number of hydrogen-bond donors (Lipinski definition) is 3. The lowest BCUT2D eigenvalue weighted by Gasteiger charge is -2.14. The maximum Gasteiger partial charge on any atom is 0.407 e. The second kappa shape index (κ2) is 11.0.